The Bertz CT molecular complexity index is 567. The van der Waals surface area contributed by atoms with Crippen molar-refractivity contribution < 1.29 is 14.3 Å². The largest absolute Gasteiger partial charge is 0.493 e. The Kier molecular flexibility index (Phi) is 5.01. The molecule has 2 aromatic rings. The lowest BCUT2D eigenvalue weighted by Crippen LogP contribution is -2.24. The van der Waals surface area contributed by atoms with E-state index in [1.165, 1.54) is 0 Å². The van der Waals surface area contributed by atoms with Gasteiger partial charge in [0.1, 0.15) is 0 Å². The normalized spacial score (nSPS) is 10.1. The van der Waals surface area contributed by atoms with E-state index in [9.17, 15) is 4.79 Å². The van der Waals surface area contributed by atoms with Gasteiger partial charge in [0.2, 0.25) is 5.91 Å². The molecule has 0 saturated carbocycles. The summed E-state index contributed by atoms with van der Waals surface area (Å²) < 4.78 is 10.6. The molecular formula is C15H17NO3S. The van der Waals surface area contributed by atoms with E-state index in [1.54, 1.807) is 25.6 Å². The summed E-state index contributed by atoms with van der Waals surface area (Å²) >= 11 is 1.58. The molecule has 0 radical (unpaired) electrons. The van der Waals surface area contributed by atoms with Gasteiger partial charge in [-0.05, 0) is 17.5 Å². The van der Waals surface area contributed by atoms with Crippen molar-refractivity contribution in [2.75, 3.05) is 14.2 Å². The first-order chi connectivity index (χ1) is 9.74. The molecule has 2 rings (SSSR count). The van der Waals surface area contributed by atoms with Gasteiger partial charge < -0.3 is 14.8 Å². The minimum Gasteiger partial charge on any atom is -0.493 e. The van der Waals surface area contributed by atoms with Crippen LogP contribution in [0.5, 0.6) is 11.5 Å². The molecule has 0 bridgehead atoms. The zero-order valence-electron chi connectivity index (χ0n) is 11.5. The van der Waals surface area contributed by atoms with E-state index in [1.807, 2.05) is 35.7 Å². The molecule has 0 aliphatic heterocycles. The first-order valence-electron chi connectivity index (χ1n) is 6.23. The van der Waals surface area contributed by atoms with Gasteiger partial charge in [-0.15, -0.1) is 11.3 Å². The molecule has 1 N–H and O–H groups in total. The van der Waals surface area contributed by atoms with Gasteiger partial charge >= 0.3 is 0 Å². The highest BCUT2D eigenvalue weighted by molar-refractivity contribution is 7.10. The van der Waals surface area contributed by atoms with Crippen LogP contribution in [0.25, 0.3) is 0 Å². The molecule has 1 amide bonds. The Morgan fingerprint density at radius 3 is 2.70 bits per heavy atom. The summed E-state index contributed by atoms with van der Waals surface area (Å²) in [5.41, 5.74) is 0.895. The second kappa shape index (κ2) is 6.96. The second-order valence-corrected chi connectivity index (χ2v) is 5.22. The van der Waals surface area contributed by atoms with Crippen LogP contribution in [0.15, 0.2) is 35.7 Å². The zero-order chi connectivity index (χ0) is 14.4. The summed E-state index contributed by atoms with van der Waals surface area (Å²) in [6.45, 7) is 0.421. The van der Waals surface area contributed by atoms with Gasteiger partial charge in [-0.3, -0.25) is 4.79 Å². The highest BCUT2D eigenvalue weighted by Crippen LogP contribution is 2.30. The monoisotopic (exact) mass is 291 g/mol. The average molecular weight is 291 g/mol. The molecule has 0 atom stereocenters. The van der Waals surface area contributed by atoms with E-state index in [0.717, 1.165) is 10.4 Å². The molecule has 20 heavy (non-hydrogen) atoms. The van der Waals surface area contributed by atoms with Crippen LogP contribution in [-0.4, -0.2) is 20.1 Å². The molecule has 1 aromatic heterocycles. The number of carbonyl (C=O) groups excluding carboxylic acids is 1. The van der Waals surface area contributed by atoms with Crippen LogP contribution < -0.4 is 14.8 Å². The molecule has 0 unspecified atom stereocenters. The lowest BCUT2D eigenvalue weighted by atomic mass is 10.2. The van der Waals surface area contributed by atoms with E-state index in [4.69, 9.17) is 9.47 Å². The quantitative estimate of drug-likeness (QED) is 0.890. The first-order valence-corrected chi connectivity index (χ1v) is 7.11. The maximum atomic E-state index is 11.9. The fourth-order valence-electron chi connectivity index (χ4n) is 1.92. The van der Waals surface area contributed by atoms with Crippen molar-refractivity contribution >= 4 is 17.2 Å². The minimum absolute atomic E-state index is 0.00248. The van der Waals surface area contributed by atoms with E-state index < -0.39 is 0 Å². The molecule has 1 heterocycles. The van der Waals surface area contributed by atoms with Crippen molar-refractivity contribution in [3.05, 3.63) is 46.2 Å². The molecule has 4 nitrogen and oxygen atoms in total. The Morgan fingerprint density at radius 1 is 1.20 bits per heavy atom. The van der Waals surface area contributed by atoms with Crippen LogP contribution in [0.2, 0.25) is 0 Å². The Hall–Kier alpha value is -2.01. The van der Waals surface area contributed by atoms with Crippen LogP contribution in [0.3, 0.4) is 0 Å². The number of benzene rings is 1. The minimum atomic E-state index is -0.00248. The zero-order valence-corrected chi connectivity index (χ0v) is 12.3. The van der Waals surface area contributed by atoms with Crippen molar-refractivity contribution in [3.8, 4) is 11.5 Å². The number of ether oxygens (including phenoxy) is 2. The number of carbonyl (C=O) groups is 1. The standard InChI is InChI=1S/C15H17NO3S/c1-18-13-7-3-5-11(15(13)19-2)10-16-14(17)9-12-6-4-8-20-12/h3-8H,9-10H2,1-2H3,(H,16,17). The third-order valence-corrected chi connectivity index (χ3v) is 3.75. The van der Waals surface area contributed by atoms with Crippen molar-refractivity contribution in [1.82, 2.24) is 5.32 Å². The number of rotatable bonds is 6. The fraction of sp³-hybridized carbons (Fsp3) is 0.267. The predicted octanol–water partition coefficient (Wildman–Crippen LogP) is 2.62. The molecule has 5 heteroatoms. The van der Waals surface area contributed by atoms with Crippen molar-refractivity contribution in [1.29, 1.82) is 0 Å². The van der Waals surface area contributed by atoms with Crippen LogP contribution in [-0.2, 0) is 17.8 Å². The van der Waals surface area contributed by atoms with E-state index in [-0.39, 0.29) is 5.91 Å². The van der Waals surface area contributed by atoms with Crippen LogP contribution in [0.4, 0.5) is 0 Å². The second-order valence-electron chi connectivity index (χ2n) is 4.19. The summed E-state index contributed by atoms with van der Waals surface area (Å²) in [4.78, 5) is 12.9. The van der Waals surface area contributed by atoms with Gasteiger partial charge in [0.05, 0.1) is 20.6 Å². The highest BCUT2D eigenvalue weighted by atomic mass is 32.1. The molecule has 106 valence electrons. The summed E-state index contributed by atoms with van der Waals surface area (Å²) in [6.07, 6.45) is 0.407. The van der Waals surface area contributed by atoms with Gasteiger partial charge in [0.25, 0.3) is 0 Å². The average Bonchev–Trinajstić information content (AvgIpc) is 2.97. The van der Waals surface area contributed by atoms with Gasteiger partial charge in [0, 0.05) is 17.0 Å². The summed E-state index contributed by atoms with van der Waals surface area (Å²) in [7, 11) is 3.19. The van der Waals surface area contributed by atoms with Crippen molar-refractivity contribution in [2.45, 2.75) is 13.0 Å². The van der Waals surface area contributed by atoms with Crippen LogP contribution >= 0.6 is 11.3 Å². The number of nitrogens with one attached hydrogen (secondary N) is 1. The third kappa shape index (κ3) is 3.51. The van der Waals surface area contributed by atoms with E-state index >= 15 is 0 Å². The SMILES string of the molecule is COc1cccc(CNC(=O)Cc2cccs2)c1OC. The topological polar surface area (TPSA) is 47.6 Å². The number of para-hydroxylation sites is 1. The van der Waals surface area contributed by atoms with E-state index in [2.05, 4.69) is 5.32 Å². The smallest absolute Gasteiger partial charge is 0.225 e. The number of amides is 1. The van der Waals surface area contributed by atoms with Gasteiger partial charge in [0.15, 0.2) is 11.5 Å². The maximum absolute atomic E-state index is 11.9. The Labute approximate surface area is 122 Å². The molecule has 0 fully saturated rings. The first kappa shape index (κ1) is 14.4. The lowest BCUT2D eigenvalue weighted by Gasteiger charge is -2.13. The Balaban J connectivity index is 1.98. The Morgan fingerprint density at radius 2 is 2.05 bits per heavy atom. The summed E-state index contributed by atoms with van der Waals surface area (Å²) in [6, 6.07) is 9.51. The van der Waals surface area contributed by atoms with E-state index in [0.29, 0.717) is 24.5 Å². The molecule has 0 aliphatic carbocycles. The number of thiophene rings is 1. The molecule has 1 aromatic carbocycles. The fourth-order valence-corrected chi connectivity index (χ4v) is 2.62. The van der Waals surface area contributed by atoms with Crippen LogP contribution in [0.1, 0.15) is 10.4 Å². The summed E-state index contributed by atoms with van der Waals surface area (Å²) in [5.74, 6) is 1.32. The van der Waals surface area contributed by atoms with Gasteiger partial charge in [-0.1, -0.05) is 18.2 Å². The molecular weight excluding hydrogens is 274 g/mol. The summed E-state index contributed by atoms with van der Waals surface area (Å²) in [5, 5.41) is 4.86. The molecule has 0 spiro atoms. The molecule has 0 saturated heterocycles. The van der Waals surface area contributed by atoms with Crippen molar-refractivity contribution in [2.24, 2.45) is 0 Å². The maximum Gasteiger partial charge on any atom is 0.225 e. The highest BCUT2D eigenvalue weighted by Gasteiger charge is 2.10. The van der Waals surface area contributed by atoms with Gasteiger partial charge in [-0.25, -0.2) is 0 Å². The number of hydrogen-bond acceptors (Lipinski definition) is 4. The van der Waals surface area contributed by atoms with Crippen LogP contribution in [0, 0.1) is 0 Å². The number of methoxy groups -OCH3 is 2. The lowest BCUT2D eigenvalue weighted by molar-refractivity contribution is -0.120. The third-order valence-electron chi connectivity index (χ3n) is 2.88. The van der Waals surface area contributed by atoms with Gasteiger partial charge in [-0.2, -0.15) is 0 Å². The van der Waals surface area contributed by atoms with Crippen molar-refractivity contribution in [3.63, 3.8) is 0 Å². The predicted molar refractivity (Wildman–Crippen MR) is 79.4 cm³/mol. The molecule has 0 aliphatic rings. The number of hydrogen-bond donors (Lipinski definition) is 1.